The van der Waals surface area contributed by atoms with Gasteiger partial charge >= 0.3 is 0 Å². The van der Waals surface area contributed by atoms with Crippen LogP contribution in [0.4, 0.5) is 5.69 Å². The molecule has 1 N–H and O–H groups in total. The van der Waals surface area contributed by atoms with Gasteiger partial charge in [-0.25, -0.2) is 9.97 Å². The number of hydrogen-bond donors (Lipinski definition) is 1. The minimum atomic E-state index is -0.284. The lowest BCUT2D eigenvalue weighted by molar-refractivity contribution is -0.115. The number of carbonyl (C=O) groups excluding carboxylic acids is 1. The number of halogens is 1. The molecule has 23 heavy (non-hydrogen) atoms. The van der Waals surface area contributed by atoms with Gasteiger partial charge in [-0.3, -0.25) is 4.79 Å². The standard InChI is InChI=1S/C16H14ClN3OS2/c1-9-3-4-11(17)7-13(9)20-15(21)10(2)23-16-14-12(5-6-22-14)18-8-19-16/h3-8,10H,1-2H3,(H,20,21). The quantitative estimate of drug-likeness (QED) is 0.535. The Kier molecular flexibility index (Phi) is 4.84. The van der Waals surface area contributed by atoms with Crippen LogP contribution in [0.1, 0.15) is 12.5 Å². The molecule has 0 fully saturated rings. The molecule has 0 aliphatic rings. The first-order chi connectivity index (χ1) is 11.0. The number of carbonyl (C=O) groups is 1. The topological polar surface area (TPSA) is 54.9 Å². The highest BCUT2D eigenvalue weighted by Crippen LogP contribution is 2.32. The number of nitrogens with zero attached hydrogens (tertiary/aromatic N) is 2. The molecule has 1 atom stereocenters. The first-order valence-corrected chi connectivity index (χ1v) is 9.10. The SMILES string of the molecule is Cc1ccc(Cl)cc1NC(=O)C(C)Sc1ncnc2ccsc12. The molecule has 7 heteroatoms. The Hall–Kier alpha value is -1.63. The number of aryl methyl sites for hydroxylation is 1. The molecule has 2 heterocycles. The van der Waals surface area contributed by atoms with Gasteiger partial charge in [0.25, 0.3) is 0 Å². The van der Waals surface area contributed by atoms with Gasteiger partial charge < -0.3 is 5.32 Å². The predicted molar refractivity (Wildman–Crippen MR) is 97.6 cm³/mol. The van der Waals surface area contributed by atoms with Crippen LogP contribution in [0.2, 0.25) is 5.02 Å². The van der Waals surface area contributed by atoms with E-state index in [4.69, 9.17) is 11.6 Å². The summed E-state index contributed by atoms with van der Waals surface area (Å²) in [6, 6.07) is 7.40. The highest BCUT2D eigenvalue weighted by atomic mass is 35.5. The van der Waals surface area contributed by atoms with Crippen molar-refractivity contribution in [1.82, 2.24) is 9.97 Å². The van der Waals surface area contributed by atoms with Gasteiger partial charge in [0.15, 0.2) is 0 Å². The second-order valence-corrected chi connectivity index (χ2v) is 7.70. The lowest BCUT2D eigenvalue weighted by Crippen LogP contribution is -2.23. The Labute approximate surface area is 147 Å². The fourth-order valence-electron chi connectivity index (χ4n) is 2.03. The number of nitrogens with one attached hydrogen (secondary N) is 1. The maximum Gasteiger partial charge on any atom is 0.237 e. The Morgan fingerprint density at radius 1 is 1.35 bits per heavy atom. The van der Waals surface area contributed by atoms with E-state index in [1.165, 1.54) is 18.1 Å². The van der Waals surface area contributed by atoms with Gasteiger partial charge in [-0.1, -0.05) is 29.4 Å². The summed E-state index contributed by atoms with van der Waals surface area (Å²) in [5.41, 5.74) is 2.62. The summed E-state index contributed by atoms with van der Waals surface area (Å²) in [7, 11) is 0. The maximum atomic E-state index is 12.4. The average Bonchev–Trinajstić information content (AvgIpc) is 3.00. The molecule has 4 nitrogen and oxygen atoms in total. The second kappa shape index (κ2) is 6.86. The first kappa shape index (κ1) is 16.2. The van der Waals surface area contributed by atoms with Crippen molar-refractivity contribution in [3.05, 3.63) is 46.6 Å². The third-order valence-electron chi connectivity index (χ3n) is 3.33. The summed E-state index contributed by atoms with van der Waals surface area (Å²) in [6.07, 6.45) is 1.53. The fraction of sp³-hybridized carbons (Fsp3) is 0.188. The lowest BCUT2D eigenvalue weighted by atomic mass is 10.2. The molecule has 0 bridgehead atoms. The van der Waals surface area contributed by atoms with Crippen LogP contribution >= 0.6 is 34.7 Å². The zero-order chi connectivity index (χ0) is 16.4. The highest BCUT2D eigenvalue weighted by molar-refractivity contribution is 8.00. The number of fused-ring (bicyclic) bond motifs is 1. The molecule has 0 aliphatic carbocycles. The fourth-order valence-corrected chi connectivity index (χ4v) is 4.04. The first-order valence-electron chi connectivity index (χ1n) is 6.96. The van der Waals surface area contributed by atoms with Gasteiger partial charge in [-0.2, -0.15) is 0 Å². The number of amides is 1. The smallest absolute Gasteiger partial charge is 0.237 e. The van der Waals surface area contributed by atoms with Crippen LogP contribution < -0.4 is 5.32 Å². The molecule has 1 amide bonds. The summed E-state index contributed by atoms with van der Waals surface area (Å²) >= 11 is 9.00. The minimum absolute atomic E-state index is 0.0799. The van der Waals surface area contributed by atoms with Crippen LogP contribution in [0.25, 0.3) is 10.2 Å². The Bertz CT molecular complexity index is 865. The number of thiophene rings is 1. The van der Waals surface area contributed by atoms with Crippen LogP contribution in [0.3, 0.4) is 0 Å². The van der Waals surface area contributed by atoms with Crippen molar-refractivity contribution in [3.8, 4) is 0 Å². The normalized spacial score (nSPS) is 12.3. The highest BCUT2D eigenvalue weighted by Gasteiger charge is 2.18. The largest absolute Gasteiger partial charge is 0.325 e. The van der Waals surface area contributed by atoms with Crippen molar-refractivity contribution in [2.75, 3.05) is 5.32 Å². The average molecular weight is 364 g/mol. The van der Waals surface area contributed by atoms with E-state index in [9.17, 15) is 4.79 Å². The number of benzene rings is 1. The van der Waals surface area contributed by atoms with Gasteiger partial charge in [0, 0.05) is 10.7 Å². The molecule has 118 valence electrons. The number of rotatable bonds is 4. The summed E-state index contributed by atoms with van der Waals surface area (Å²) in [4.78, 5) is 21.0. The molecule has 0 spiro atoms. The number of thioether (sulfide) groups is 1. The molecule has 0 saturated carbocycles. The van der Waals surface area contributed by atoms with Gasteiger partial charge in [0.05, 0.1) is 15.5 Å². The molecule has 1 aromatic carbocycles. The van der Waals surface area contributed by atoms with E-state index in [1.807, 2.05) is 31.4 Å². The third-order valence-corrected chi connectivity index (χ3v) is 5.70. The van der Waals surface area contributed by atoms with Gasteiger partial charge in [0.1, 0.15) is 11.4 Å². The molecule has 1 unspecified atom stereocenters. The van der Waals surface area contributed by atoms with E-state index < -0.39 is 0 Å². The molecule has 3 rings (SSSR count). The van der Waals surface area contributed by atoms with E-state index in [0.717, 1.165) is 26.5 Å². The zero-order valence-corrected chi connectivity index (χ0v) is 14.9. The minimum Gasteiger partial charge on any atom is -0.325 e. The Balaban J connectivity index is 1.75. The molecule has 2 aromatic heterocycles. The van der Waals surface area contributed by atoms with Crippen molar-refractivity contribution < 1.29 is 4.79 Å². The van der Waals surface area contributed by atoms with Crippen molar-refractivity contribution in [1.29, 1.82) is 0 Å². The van der Waals surface area contributed by atoms with Gasteiger partial charge in [-0.15, -0.1) is 11.3 Å². The van der Waals surface area contributed by atoms with Crippen molar-refractivity contribution in [2.45, 2.75) is 24.1 Å². The van der Waals surface area contributed by atoms with E-state index in [0.29, 0.717) is 5.02 Å². The summed E-state index contributed by atoms with van der Waals surface area (Å²) in [6.45, 7) is 3.80. The maximum absolute atomic E-state index is 12.4. The molecule has 0 aliphatic heterocycles. The lowest BCUT2D eigenvalue weighted by Gasteiger charge is -2.13. The number of aromatic nitrogens is 2. The van der Waals surface area contributed by atoms with Crippen molar-refractivity contribution >= 4 is 56.5 Å². The Morgan fingerprint density at radius 2 is 2.17 bits per heavy atom. The molecular weight excluding hydrogens is 350 g/mol. The number of anilines is 1. The van der Waals surface area contributed by atoms with Crippen molar-refractivity contribution in [2.24, 2.45) is 0 Å². The third kappa shape index (κ3) is 3.65. The van der Waals surface area contributed by atoms with Crippen LogP contribution in [0.5, 0.6) is 0 Å². The van der Waals surface area contributed by atoms with Gasteiger partial charge in [0.2, 0.25) is 5.91 Å². The number of hydrogen-bond acceptors (Lipinski definition) is 5. The van der Waals surface area contributed by atoms with E-state index in [1.54, 1.807) is 23.5 Å². The van der Waals surface area contributed by atoms with Crippen LogP contribution in [0, 0.1) is 6.92 Å². The molecule has 3 aromatic rings. The molecular formula is C16H14ClN3OS2. The predicted octanol–water partition coefficient (Wildman–Crippen LogP) is 4.77. The second-order valence-electron chi connectivity index (χ2n) is 5.02. The summed E-state index contributed by atoms with van der Waals surface area (Å²) in [5, 5.41) is 6.05. The van der Waals surface area contributed by atoms with Crippen LogP contribution in [0.15, 0.2) is 41.0 Å². The summed E-state index contributed by atoms with van der Waals surface area (Å²) < 4.78 is 1.01. The van der Waals surface area contributed by atoms with E-state index in [2.05, 4.69) is 15.3 Å². The summed E-state index contributed by atoms with van der Waals surface area (Å²) in [5.74, 6) is -0.0799. The van der Waals surface area contributed by atoms with Crippen LogP contribution in [-0.4, -0.2) is 21.1 Å². The molecule has 0 saturated heterocycles. The monoisotopic (exact) mass is 363 g/mol. The Morgan fingerprint density at radius 3 is 3.00 bits per heavy atom. The van der Waals surface area contributed by atoms with E-state index >= 15 is 0 Å². The van der Waals surface area contributed by atoms with Gasteiger partial charge in [-0.05, 0) is 43.0 Å². The molecule has 0 radical (unpaired) electrons. The van der Waals surface area contributed by atoms with E-state index in [-0.39, 0.29) is 11.2 Å². The van der Waals surface area contributed by atoms with Crippen LogP contribution in [-0.2, 0) is 4.79 Å². The van der Waals surface area contributed by atoms with Crippen molar-refractivity contribution in [3.63, 3.8) is 0 Å². The zero-order valence-electron chi connectivity index (χ0n) is 12.5.